The average Bonchev–Trinajstić information content (AvgIpc) is 3.34. The van der Waals surface area contributed by atoms with Crippen LogP contribution >= 0.6 is 0 Å². The first kappa shape index (κ1) is 21.6. The fourth-order valence-electron chi connectivity index (χ4n) is 4.72. The van der Waals surface area contributed by atoms with Gasteiger partial charge in [-0.25, -0.2) is 0 Å². The maximum absolute atomic E-state index is 13.0. The largest absolute Gasteiger partial charge is 0.468 e. The number of rotatable bonds is 6. The Morgan fingerprint density at radius 2 is 1.84 bits per heavy atom. The lowest BCUT2D eigenvalue weighted by molar-refractivity contribution is -0.126. The van der Waals surface area contributed by atoms with Crippen molar-refractivity contribution in [1.29, 1.82) is 0 Å². The molecule has 2 unspecified atom stereocenters. The van der Waals surface area contributed by atoms with E-state index in [1.54, 1.807) is 6.26 Å². The van der Waals surface area contributed by atoms with Crippen molar-refractivity contribution in [3.8, 4) is 0 Å². The van der Waals surface area contributed by atoms with Crippen LogP contribution in [0.2, 0.25) is 0 Å². The summed E-state index contributed by atoms with van der Waals surface area (Å²) in [5.41, 5.74) is 1.82. The standard InChI is InChI=1S/C25H33N3O3/c1-19-9-11-20(12-10-19)25(30)28-15-5-7-21(18-28)24(29)26-17-22(23-8-6-16-31-23)27-13-3-2-4-14-27/h6,8-12,16,21-22H,2-5,7,13-15,17-18H2,1H3,(H,26,29). The smallest absolute Gasteiger partial charge is 0.253 e. The lowest BCUT2D eigenvalue weighted by atomic mass is 9.96. The molecule has 0 bridgehead atoms. The van der Waals surface area contributed by atoms with Crippen LogP contribution in [0.4, 0.5) is 0 Å². The highest BCUT2D eigenvalue weighted by Crippen LogP contribution is 2.25. The minimum atomic E-state index is -0.165. The molecular weight excluding hydrogens is 390 g/mol. The summed E-state index contributed by atoms with van der Waals surface area (Å²) >= 11 is 0. The molecule has 2 saturated heterocycles. The molecule has 2 aliphatic rings. The summed E-state index contributed by atoms with van der Waals surface area (Å²) in [7, 11) is 0. The van der Waals surface area contributed by atoms with Crippen molar-refractivity contribution in [3.63, 3.8) is 0 Å². The van der Waals surface area contributed by atoms with Crippen molar-refractivity contribution in [2.75, 3.05) is 32.7 Å². The van der Waals surface area contributed by atoms with Crippen LogP contribution in [-0.2, 0) is 4.79 Å². The molecule has 166 valence electrons. The SMILES string of the molecule is Cc1ccc(C(=O)N2CCCC(C(=O)NCC(c3ccco3)N3CCCCC3)C2)cc1. The predicted octanol–water partition coefficient (Wildman–Crippen LogP) is 3.78. The molecule has 2 aromatic rings. The summed E-state index contributed by atoms with van der Waals surface area (Å²) in [6, 6.07) is 11.6. The number of likely N-dealkylation sites (tertiary alicyclic amines) is 2. The Morgan fingerprint density at radius 3 is 2.55 bits per heavy atom. The minimum Gasteiger partial charge on any atom is -0.468 e. The Bertz CT molecular complexity index is 857. The Balaban J connectivity index is 1.36. The van der Waals surface area contributed by atoms with Gasteiger partial charge in [-0.15, -0.1) is 0 Å². The van der Waals surface area contributed by atoms with Crippen LogP contribution in [0.15, 0.2) is 47.1 Å². The number of nitrogens with one attached hydrogen (secondary N) is 1. The monoisotopic (exact) mass is 423 g/mol. The molecule has 2 aliphatic heterocycles. The second-order valence-corrected chi connectivity index (χ2v) is 8.83. The van der Waals surface area contributed by atoms with E-state index >= 15 is 0 Å². The maximum atomic E-state index is 13.0. The molecule has 1 N–H and O–H groups in total. The molecule has 0 radical (unpaired) electrons. The fraction of sp³-hybridized carbons (Fsp3) is 0.520. The third kappa shape index (κ3) is 5.37. The number of carbonyl (C=O) groups excluding carboxylic acids is 2. The zero-order chi connectivity index (χ0) is 21.6. The Morgan fingerprint density at radius 1 is 1.06 bits per heavy atom. The van der Waals surface area contributed by atoms with Gasteiger partial charge in [-0.1, -0.05) is 24.1 Å². The van der Waals surface area contributed by atoms with Crippen LogP contribution in [0, 0.1) is 12.8 Å². The summed E-state index contributed by atoms with van der Waals surface area (Å²) in [6.07, 6.45) is 7.00. The number of piperidine rings is 2. The predicted molar refractivity (Wildman–Crippen MR) is 120 cm³/mol. The van der Waals surface area contributed by atoms with Crippen LogP contribution < -0.4 is 5.32 Å². The van der Waals surface area contributed by atoms with Gasteiger partial charge >= 0.3 is 0 Å². The van der Waals surface area contributed by atoms with E-state index in [0.29, 0.717) is 25.2 Å². The van der Waals surface area contributed by atoms with Crippen molar-refractivity contribution in [1.82, 2.24) is 15.1 Å². The quantitative estimate of drug-likeness (QED) is 0.768. The van der Waals surface area contributed by atoms with Gasteiger partial charge in [0.05, 0.1) is 18.2 Å². The van der Waals surface area contributed by atoms with Crippen LogP contribution in [-0.4, -0.2) is 54.3 Å². The summed E-state index contributed by atoms with van der Waals surface area (Å²) in [4.78, 5) is 30.1. The molecule has 2 amide bonds. The van der Waals surface area contributed by atoms with E-state index < -0.39 is 0 Å². The number of aryl methyl sites for hydroxylation is 1. The van der Waals surface area contributed by atoms with Gasteiger partial charge in [-0.3, -0.25) is 14.5 Å². The molecule has 1 aromatic carbocycles. The summed E-state index contributed by atoms with van der Waals surface area (Å²) < 4.78 is 5.69. The lowest BCUT2D eigenvalue weighted by Crippen LogP contribution is -2.47. The molecule has 31 heavy (non-hydrogen) atoms. The first-order valence-electron chi connectivity index (χ1n) is 11.5. The van der Waals surface area contributed by atoms with E-state index in [0.717, 1.165) is 37.3 Å². The number of amides is 2. The highest BCUT2D eigenvalue weighted by Gasteiger charge is 2.30. The molecule has 0 aliphatic carbocycles. The van der Waals surface area contributed by atoms with Crippen molar-refractivity contribution in [2.45, 2.75) is 45.1 Å². The number of nitrogens with zero attached hydrogens (tertiary/aromatic N) is 2. The van der Waals surface area contributed by atoms with Crippen molar-refractivity contribution in [3.05, 3.63) is 59.5 Å². The molecule has 2 fully saturated rings. The molecule has 4 rings (SSSR count). The number of benzene rings is 1. The van der Waals surface area contributed by atoms with Gasteiger partial charge in [-0.2, -0.15) is 0 Å². The zero-order valence-corrected chi connectivity index (χ0v) is 18.4. The van der Waals surface area contributed by atoms with Crippen LogP contribution in [0.25, 0.3) is 0 Å². The van der Waals surface area contributed by atoms with E-state index in [1.807, 2.05) is 48.2 Å². The Kier molecular flexibility index (Phi) is 7.07. The van der Waals surface area contributed by atoms with Crippen LogP contribution in [0.1, 0.15) is 59.8 Å². The second-order valence-electron chi connectivity index (χ2n) is 8.83. The topological polar surface area (TPSA) is 65.8 Å². The van der Waals surface area contributed by atoms with Gasteiger partial charge in [0.25, 0.3) is 5.91 Å². The third-order valence-electron chi connectivity index (χ3n) is 6.55. The first-order valence-corrected chi connectivity index (χ1v) is 11.5. The molecule has 0 saturated carbocycles. The van der Waals surface area contributed by atoms with E-state index in [1.165, 1.54) is 19.3 Å². The van der Waals surface area contributed by atoms with Crippen LogP contribution in [0.3, 0.4) is 0 Å². The zero-order valence-electron chi connectivity index (χ0n) is 18.4. The van der Waals surface area contributed by atoms with Crippen molar-refractivity contribution < 1.29 is 14.0 Å². The molecule has 6 heteroatoms. The van der Waals surface area contributed by atoms with E-state index in [4.69, 9.17) is 4.42 Å². The normalized spacial score (nSPS) is 20.9. The van der Waals surface area contributed by atoms with E-state index in [9.17, 15) is 9.59 Å². The van der Waals surface area contributed by atoms with Crippen molar-refractivity contribution >= 4 is 11.8 Å². The van der Waals surface area contributed by atoms with Gasteiger partial charge in [-0.05, 0) is 70.0 Å². The van der Waals surface area contributed by atoms with Gasteiger partial charge in [0.2, 0.25) is 5.91 Å². The first-order chi connectivity index (χ1) is 15.1. The third-order valence-corrected chi connectivity index (χ3v) is 6.55. The number of carbonyl (C=O) groups is 2. The average molecular weight is 424 g/mol. The van der Waals surface area contributed by atoms with Crippen LogP contribution in [0.5, 0.6) is 0 Å². The van der Waals surface area contributed by atoms with E-state index in [2.05, 4.69) is 10.2 Å². The summed E-state index contributed by atoms with van der Waals surface area (Å²) in [5.74, 6) is 0.790. The molecule has 3 heterocycles. The number of hydrogen-bond acceptors (Lipinski definition) is 4. The maximum Gasteiger partial charge on any atom is 0.253 e. The fourth-order valence-corrected chi connectivity index (χ4v) is 4.72. The second kappa shape index (κ2) is 10.1. The van der Waals surface area contributed by atoms with Gasteiger partial charge in [0.1, 0.15) is 5.76 Å². The summed E-state index contributed by atoms with van der Waals surface area (Å²) in [6.45, 7) is 5.80. The highest BCUT2D eigenvalue weighted by atomic mass is 16.3. The van der Waals surface area contributed by atoms with Gasteiger partial charge < -0.3 is 14.6 Å². The highest BCUT2D eigenvalue weighted by molar-refractivity contribution is 5.94. The molecule has 0 spiro atoms. The molecule has 2 atom stereocenters. The number of furan rings is 1. The molecule has 6 nitrogen and oxygen atoms in total. The number of hydrogen-bond donors (Lipinski definition) is 1. The van der Waals surface area contributed by atoms with Gasteiger partial charge in [0, 0.05) is 25.2 Å². The Hall–Kier alpha value is -2.60. The van der Waals surface area contributed by atoms with E-state index in [-0.39, 0.29) is 23.8 Å². The minimum absolute atomic E-state index is 0.0132. The molecular formula is C25H33N3O3. The lowest BCUT2D eigenvalue weighted by Gasteiger charge is -2.35. The molecule has 1 aromatic heterocycles. The Labute approximate surface area is 184 Å². The van der Waals surface area contributed by atoms with Gasteiger partial charge in [0.15, 0.2) is 0 Å². The summed E-state index contributed by atoms with van der Waals surface area (Å²) in [5, 5.41) is 3.17. The van der Waals surface area contributed by atoms with Crippen molar-refractivity contribution in [2.24, 2.45) is 5.92 Å².